The molecule has 31 heavy (non-hydrogen) atoms. The number of hydrogen-bond acceptors (Lipinski definition) is 6. The zero-order chi connectivity index (χ0) is 21.4. The minimum Gasteiger partial charge on any atom is -0.342 e. The highest BCUT2D eigenvalue weighted by molar-refractivity contribution is 7.07. The van der Waals surface area contributed by atoms with E-state index < -0.39 is 0 Å². The molecule has 5 rings (SSSR count). The smallest absolute Gasteiger partial charge is 0.201 e. The Morgan fingerprint density at radius 3 is 2.84 bits per heavy atom. The highest BCUT2D eigenvalue weighted by Gasteiger charge is 2.21. The minimum atomic E-state index is 0.612. The van der Waals surface area contributed by atoms with Gasteiger partial charge in [0.1, 0.15) is 11.5 Å². The van der Waals surface area contributed by atoms with Crippen LogP contribution in [0.3, 0.4) is 0 Å². The first-order chi connectivity index (χ1) is 15.2. The molecule has 0 aliphatic heterocycles. The molecule has 0 saturated heterocycles. The van der Waals surface area contributed by atoms with Gasteiger partial charge in [-0.15, -0.1) is 16.4 Å². The Bertz CT molecular complexity index is 1330. The van der Waals surface area contributed by atoms with Crippen LogP contribution in [0.4, 0.5) is 0 Å². The highest BCUT2D eigenvalue weighted by Crippen LogP contribution is 2.29. The molecule has 1 aromatic carbocycles. The van der Waals surface area contributed by atoms with E-state index in [4.69, 9.17) is 10.1 Å². The van der Waals surface area contributed by atoms with Gasteiger partial charge in [0.2, 0.25) is 5.82 Å². The summed E-state index contributed by atoms with van der Waals surface area (Å²) in [6, 6.07) is 6.09. The van der Waals surface area contributed by atoms with E-state index in [-0.39, 0.29) is 0 Å². The number of nitrogens with zero attached hydrogens (tertiary/aromatic N) is 7. The molecule has 0 aliphatic rings. The van der Waals surface area contributed by atoms with Crippen LogP contribution in [0, 0.1) is 6.92 Å². The fourth-order valence-electron chi connectivity index (χ4n) is 3.83. The third kappa shape index (κ3) is 3.54. The number of aryl methyl sites for hydroxylation is 2. The Labute approximate surface area is 184 Å². The lowest BCUT2D eigenvalue weighted by Gasteiger charge is -2.08. The van der Waals surface area contributed by atoms with Crippen molar-refractivity contribution < 1.29 is 0 Å². The van der Waals surface area contributed by atoms with E-state index >= 15 is 0 Å². The standard InChI is InChI=1S/C22H24N8S/c1-4-6-9-29-20(5-2)16(11-24-29)22-27-21(19-12-31-13-23-19)28-30(22)15-7-8-17-18(10-15)26-14(3)25-17/h7-8,10-13H,4-6,9H2,1-3H3,(H,25,26). The number of H-pyrrole nitrogens is 1. The molecule has 0 spiro atoms. The number of thiazole rings is 1. The molecular weight excluding hydrogens is 408 g/mol. The molecule has 8 nitrogen and oxygen atoms in total. The molecule has 4 heterocycles. The fourth-order valence-corrected chi connectivity index (χ4v) is 4.36. The number of aromatic amines is 1. The van der Waals surface area contributed by atoms with Gasteiger partial charge in [-0.1, -0.05) is 20.3 Å². The molecule has 158 valence electrons. The topological polar surface area (TPSA) is 90.1 Å². The summed E-state index contributed by atoms with van der Waals surface area (Å²) in [6.07, 6.45) is 5.02. The molecule has 0 atom stereocenters. The lowest BCUT2D eigenvalue weighted by molar-refractivity contribution is 0.551. The number of unbranched alkanes of at least 4 members (excludes halogenated alkanes) is 1. The maximum absolute atomic E-state index is 4.90. The third-order valence-electron chi connectivity index (χ3n) is 5.34. The van der Waals surface area contributed by atoms with Crippen LogP contribution in [-0.4, -0.2) is 39.5 Å². The van der Waals surface area contributed by atoms with Gasteiger partial charge in [-0.25, -0.2) is 19.6 Å². The first kappa shape index (κ1) is 19.6. The number of rotatable bonds is 7. The summed E-state index contributed by atoms with van der Waals surface area (Å²) in [5.74, 6) is 2.28. The number of aromatic nitrogens is 8. The summed E-state index contributed by atoms with van der Waals surface area (Å²) < 4.78 is 3.99. The molecule has 0 aliphatic carbocycles. The molecule has 1 N–H and O–H groups in total. The molecule has 0 unspecified atom stereocenters. The summed E-state index contributed by atoms with van der Waals surface area (Å²) >= 11 is 1.54. The van der Waals surface area contributed by atoms with Gasteiger partial charge < -0.3 is 4.98 Å². The average molecular weight is 433 g/mol. The van der Waals surface area contributed by atoms with Gasteiger partial charge in [0.05, 0.1) is 34.0 Å². The van der Waals surface area contributed by atoms with Crippen LogP contribution >= 0.6 is 11.3 Å². The molecule has 0 saturated carbocycles. The van der Waals surface area contributed by atoms with E-state index in [9.17, 15) is 0 Å². The fraction of sp³-hybridized carbons (Fsp3) is 0.318. The van der Waals surface area contributed by atoms with E-state index in [1.54, 1.807) is 5.51 Å². The molecule has 5 aromatic rings. The predicted octanol–water partition coefficient (Wildman–Crippen LogP) is 4.80. The van der Waals surface area contributed by atoms with Crippen molar-refractivity contribution >= 4 is 22.4 Å². The summed E-state index contributed by atoms with van der Waals surface area (Å²) in [4.78, 5) is 17.1. The van der Waals surface area contributed by atoms with Crippen LogP contribution in [0.1, 0.15) is 38.2 Å². The first-order valence-corrected chi connectivity index (χ1v) is 11.5. The number of imidazole rings is 1. The van der Waals surface area contributed by atoms with Gasteiger partial charge in [-0.3, -0.25) is 4.68 Å². The molecule has 4 aromatic heterocycles. The maximum Gasteiger partial charge on any atom is 0.201 e. The second-order valence-corrected chi connectivity index (χ2v) is 8.22. The van der Waals surface area contributed by atoms with E-state index in [0.717, 1.165) is 65.4 Å². The normalized spacial score (nSPS) is 11.6. The van der Waals surface area contributed by atoms with Crippen molar-refractivity contribution in [2.45, 2.75) is 46.6 Å². The Morgan fingerprint density at radius 1 is 1.16 bits per heavy atom. The van der Waals surface area contributed by atoms with Gasteiger partial charge >= 0.3 is 0 Å². The molecule has 9 heteroatoms. The minimum absolute atomic E-state index is 0.612. The number of fused-ring (bicyclic) bond motifs is 1. The second kappa shape index (κ2) is 8.07. The zero-order valence-electron chi connectivity index (χ0n) is 17.8. The molecule has 0 bridgehead atoms. The van der Waals surface area contributed by atoms with Crippen molar-refractivity contribution in [3.05, 3.63) is 46.8 Å². The zero-order valence-corrected chi connectivity index (χ0v) is 18.6. The van der Waals surface area contributed by atoms with E-state index in [2.05, 4.69) is 44.6 Å². The van der Waals surface area contributed by atoms with Gasteiger partial charge in [-0.05, 0) is 38.0 Å². The van der Waals surface area contributed by atoms with Gasteiger partial charge in [0.15, 0.2) is 5.82 Å². The second-order valence-electron chi connectivity index (χ2n) is 7.50. The number of benzene rings is 1. The molecule has 0 radical (unpaired) electrons. The monoisotopic (exact) mass is 432 g/mol. The van der Waals surface area contributed by atoms with E-state index in [1.807, 2.05) is 35.3 Å². The van der Waals surface area contributed by atoms with Crippen LogP contribution in [0.15, 0.2) is 35.3 Å². The lowest BCUT2D eigenvalue weighted by atomic mass is 10.2. The average Bonchev–Trinajstić information content (AvgIpc) is 3.55. The van der Waals surface area contributed by atoms with Crippen LogP contribution < -0.4 is 0 Å². The Morgan fingerprint density at radius 2 is 2.06 bits per heavy atom. The van der Waals surface area contributed by atoms with Crippen LogP contribution in [-0.2, 0) is 13.0 Å². The number of hydrogen-bond donors (Lipinski definition) is 1. The SMILES string of the molecule is CCCCn1ncc(-c2nc(-c3cscn3)nn2-c2ccc3nc(C)[nH]c3c2)c1CC. The lowest BCUT2D eigenvalue weighted by Crippen LogP contribution is -2.06. The first-order valence-electron chi connectivity index (χ1n) is 10.5. The Hall–Kier alpha value is -3.33. The van der Waals surface area contributed by atoms with Crippen molar-refractivity contribution in [1.29, 1.82) is 0 Å². The largest absolute Gasteiger partial charge is 0.342 e. The van der Waals surface area contributed by atoms with Gasteiger partial charge in [0.25, 0.3) is 0 Å². The molecule has 0 amide bonds. The van der Waals surface area contributed by atoms with Crippen LogP contribution in [0.5, 0.6) is 0 Å². The Kier molecular flexibility index (Phi) is 5.11. The van der Waals surface area contributed by atoms with Crippen LogP contribution in [0.25, 0.3) is 39.6 Å². The van der Waals surface area contributed by atoms with Crippen molar-refractivity contribution in [3.63, 3.8) is 0 Å². The third-order valence-corrected chi connectivity index (χ3v) is 5.93. The van der Waals surface area contributed by atoms with E-state index in [0.29, 0.717) is 5.82 Å². The van der Waals surface area contributed by atoms with Crippen LogP contribution in [0.2, 0.25) is 0 Å². The van der Waals surface area contributed by atoms with E-state index in [1.165, 1.54) is 17.0 Å². The van der Waals surface area contributed by atoms with Gasteiger partial charge in [0, 0.05) is 17.6 Å². The maximum atomic E-state index is 4.90. The Balaban J connectivity index is 1.68. The number of nitrogens with one attached hydrogen (secondary N) is 1. The molecule has 0 fully saturated rings. The molecular formula is C22H24N8S. The highest BCUT2D eigenvalue weighted by atomic mass is 32.1. The summed E-state index contributed by atoms with van der Waals surface area (Å²) in [6.45, 7) is 7.22. The predicted molar refractivity (Wildman–Crippen MR) is 122 cm³/mol. The van der Waals surface area contributed by atoms with Crippen molar-refractivity contribution in [3.8, 4) is 28.6 Å². The summed E-state index contributed by atoms with van der Waals surface area (Å²) in [7, 11) is 0. The summed E-state index contributed by atoms with van der Waals surface area (Å²) in [5.41, 5.74) is 7.59. The van der Waals surface area contributed by atoms with Crippen molar-refractivity contribution in [2.24, 2.45) is 0 Å². The summed E-state index contributed by atoms with van der Waals surface area (Å²) in [5, 5.41) is 11.5. The van der Waals surface area contributed by atoms with Crippen molar-refractivity contribution in [2.75, 3.05) is 0 Å². The quantitative estimate of drug-likeness (QED) is 0.399. The van der Waals surface area contributed by atoms with Gasteiger partial charge in [-0.2, -0.15) is 5.10 Å². The van der Waals surface area contributed by atoms with Crippen molar-refractivity contribution in [1.82, 2.24) is 39.5 Å².